The lowest BCUT2D eigenvalue weighted by Crippen LogP contribution is -2.43. The first-order valence-electron chi connectivity index (χ1n) is 4.51. The molecule has 1 saturated heterocycles. The van der Waals surface area contributed by atoms with Crippen LogP contribution in [0.4, 0.5) is 0 Å². The van der Waals surface area contributed by atoms with Crippen LogP contribution in [0.25, 0.3) is 0 Å². The lowest BCUT2D eigenvalue weighted by Gasteiger charge is -2.20. The van der Waals surface area contributed by atoms with Gasteiger partial charge in [-0.05, 0) is 12.8 Å². The predicted octanol–water partition coefficient (Wildman–Crippen LogP) is -0.893. The fourth-order valence-corrected chi connectivity index (χ4v) is 2.24. The number of carboxylic acid groups (broad SMARTS) is 1. The van der Waals surface area contributed by atoms with Gasteiger partial charge in [0, 0.05) is 12.8 Å². The third-order valence-electron chi connectivity index (χ3n) is 2.24. The largest absolute Gasteiger partial charge is 0.480 e. The minimum Gasteiger partial charge on any atom is -0.480 e. The number of sulfone groups is 1. The molecule has 1 atom stereocenters. The number of carbonyl (C=O) groups excluding carboxylic acids is 1. The highest BCUT2D eigenvalue weighted by atomic mass is 32.2. The molecule has 0 spiro atoms. The Bertz CT molecular complexity index is 374. The molecule has 1 heterocycles. The number of nitrogens with zero attached hydrogens (tertiary/aromatic N) is 1. The fourth-order valence-electron chi connectivity index (χ4n) is 1.63. The third-order valence-corrected chi connectivity index (χ3v) is 3.02. The zero-order chi connectivity index (χ0) is 11.6. The number of rotatable bonds is 3. The normalized spacial score (nSPS) is 21.7. The third kappa shape index (κ3) is 3.19. The Morgan fingerprint density at radius 3 is 2.53 bits per heavy atom. The summed E-state index contributed by atoms with van der Waals surface area (Å²) in [5.41, 5.74) is 0. The SMILES string of the molecule is CS(=O)(=O)CC(=O)N1CCC[C@@H]1C(=O)O. The van der Waals surface area contributed by atoms with Crippen molar-refractivity contribution in [3.05, 3.63) is 0 Å². The van der Waals surface area contributed by atoms with Crippen LogP contribution >= 0.6 is 0 Å². The number of likely N-dealkylation sites (tertiary alicyclic amines) is 1. The zero-order valence-electron chi connectivity index (χ0n) is 8.34. The van der Waals surface area contributed by atoms with E-state index in [-0.39, 0.29) is 0 Å². The van der Waals surface area contributed by atoms with Crippen molar-refractivity contribution in [1.82, 2.24) is 4.90 Å². The molecule has 1 fully saturated rings. The number of carbonyl (C=O) groups is 2. The highest BCUT2D eigenvalue weighted by Gasteiger charge is 2.34. The van der Waals surface area contributed by atoms with E-state index >= 15 is 0 Å². The van der Waals surface area contributed by atoms with Crippen molar-refractivity contribution in [1.29, 1.82) is 0 Å². The van der Waals surface area contributed by atoms with Gasteiger partial charge in [-0.25, -0.2) is 13.2 Å². The molecular formula is C8H13NO5S. The van der Waals surface area contributed by atoms with Gasteiger partial charge in [0.2, 0.25) is 5.91 Å². The molecule has 6 nitrogen and oxygen atoms in total. The van der Waals surface area contributed by atoms with E-state index in [4.69, 9.17) is 5.11 Å². The summed E-state index contributed by atoms with van der Waals surface area (Å²) in [6, 6.07) is -0.862. The molecule has 0 bridgehead atoms. The maximum Gasteiger partial charge on any atom is 0.326 e. The molecule has 1 N–H and O–H groups in total. The highest BCUT2D eigenvalue weighted by Crippen LogP contribution is 2.17. The van der Waals surface area contributed by atoms with Crippen LogP contribution in [-0.2, 0) is 19.4 Å². The van der Waals surface area contributed by atoms with Crippen LogP contribution in [0.1, 0.15) is 12.8 Å². The molecule has 15 heavy (non-hydrogen) atoms. The second-order valence-electron chi connectivity index (χ2n) is 3.65. The Morgan fingerprint density at radius 2 is 2.07 bits per heavy atom. The second kappa shape index (κ2) is 4.18. The monoisotopic (exact) mass is 235 g/mol. The zero-order valence-corrected chi connectivity index (χ0v) is 9.16. The van der Waals surface area contributed by atoms with E-state index in [2.05, 4.69) is 0 Å². The van der Waals surface area contributed by atoms with E-state index in [1.165, 1.54) is 0 Å². The van der Waals surface area contributed by atoms with Crippen molar-refractivity contribution in [3.8, 4) is 0 Å². The van der Waals surface area contributed by atoms with Crippen molar-refractivity contribution >= 4 is 21.7 Å². The van der Waals surface area contributed by atoms with Crippen molar-refractivity contribution in [2.45, 2.75) is 18.9 Å². The summed E-state index contributed by atoms with van der Waals surface area (Å²) in [7, 11) is -3.39. The number of hydrogen-bond donors (Lipinski definition) is 1. The van der Waals surface area contributed by atoms with Crippen LogP contribution in [0, 0.1) is 0 Å². The molecule has 86 valence electrons. The van der Waals surface area contributed by atoms with Gasteiger partial charge in [-0.1, -0.05) is 0 Å². The van der Waals surface area contributed by atoms with E-state index in [9.17, 15) is 18.0 Å². The summed E-state index contributed by atoms with van der Waals surface area (Å²) in [4.78, 5) is 23.3. The van der Waals surface area contributed by atoms with Gasteiger partial charge < -0.3 is 10.0 Å². The Kier molecular flexibility index (Phi) is 3.33. The summed E-state index contributed by atoms with van der Waals surface area (Å²) in [6.45, 7) is 0.325. The molecule has 1 amide bonds. The van der Waals surface area contributed by atoms with Gasteiger partial charge in [-0.3, -0.25) is 4.79 Å². The Balaban J connectivity index is 2.71. The maximum absolute atomic E-state index is 11.5. The molecule has 0 unspecified atom stereocenters. The van der Waals surface area contributed by atoms with Crippen molar-refractivity contribution in [3.63, 3.8) is 0 Å². The van der Waals surface area contributed by atoms with Gasteiger partial charge in [0.25, 0.3) is 0 Å². The molecule has 0 aromatic heterocycles. The van der Waals surface area contributed by atoms with Gasteiger partial charge in [-0.15, -0.1) is 0 Å². The van der Waals surface area contributed by atoms with E-state index in [1.807, 2.05) is 0 Å². The van der Waals surface area contributed by atoms with E-state index in [0.717, 1.165) is 11.2 Å². The molecular weight excluding hydrogens is 222 g/mol. The highest BCUT2D eigenvalue weighted by molar-refractivity contribution is 7.91. The summed E-state index contributed by atoms with van der Waals surface area (Å²) in [5, 5.41) is 8.79. The average Bonchev–Trinajstić information content (AvgIpc) is 2.47. The molecule has 1 rings (SSSR count). The predicted molar refractivity (Wildman–Crippen MR) is 52.1 cm³/mol. The second-order valence-corrected chi connectivity index (χ2v) is 5.79. The summed E-state index contributed by atoms with van der Waals surface area (Å²) < 4.78 is 21.8. The van der Waals surface area contributed by atoms with Gasteiger partial charge in [0.05, 0.1) is 0 Å². The summed E-state index contributed by atoms with van der Waals surface area (Å²) in [6.07, 6.45) is 1.95. The molecule has 0 aromatic carbocycles. The van der Waals surface area contributed by atoms with Crippen molar-refractivity contribution in [2.24, 2.45) is 0 Å². The smallest absolute Gasteiger partial charge is 0.326 e. The Hall–Kier alpha value is -1.11. The van der Waals surface area contributed by atoms with Crippen LogP contribution in [0.2, 0.25) is 0 Å². The van der Waals surface area contributed by atoms with Crippen molar-refractivity contribution < 1.29 is 23.1 Å². The number of aliphatic carboxylic acids is 1. The molecule has 0 saturated carbocycles. The van der Waals surface area contributed by atoms with Crippen LogP contribution in [0.15, 0.2) is 0 Å². The Labute approximate surface area is 87.8 Å². The van der Waals surface area contributed by atoms with Crippen LogP contribution in [-0.4, -0.2) is 54.9 Å². The lowest BCUT2D eigenvalue weighted by atomic mass is 10.2. The quantitative estimate of drug-likeness (QED) is 0.685. The summed E-state index contributed by atoms with van der Waals surface area (Å²) in [5.74, 6) is -2.31. The van der Waals surface area contributed by atoms with Gasteiger partial charge in [-0.2, -0.15) is 0 Å². The first-order chi connectivity index (χ1) is 6.81. The molecule has 0 radical (unpaired) electrons. The number of hydrogen-bond acceptors (Lipinski definition) is 4. The molecule has 1 aliphatic heterocycles. The van der Waals surface area contributed by atoms with E-state index in [1.54, 1.807) is 0 Å². The number of amides is 1. The van der Waals surface area contributed by atoms with Crippen LogP contribution in [0.5, 0.6) is 0 Å². The summed E-state index contributed by atoms with van der Waals surface area (Å²) >= 11 is 0. The maximum atomic E-state index is 11.5. The molecule has 1 aliphatic rings. The first kappa shape index (κ1) is 12.0. The minimum absolute atomic E-state index is 0.325. The first-order valence-corrected chi connectivity index (χ1v) is 6.57. The number of carboxylic acids is 1. The molecule has 7 heteroatoms. The van der Waals surface area contributed by atoms with E-state index in [0.29, 0.717) is 19.4 Å². The fraction of sp³-hybridized carbons (Fsp3) is 0.750. The Morgan fingerprint density at radius 1 is 1.47 bits per heavy atom. The van der Waals surface area contributed by atoms with Crippen molar-refractivity contribution in [2.75, 3.05) is 18.6 Å². The van der Waals surface area contributed by atoms with Gasteiger partial charge >= 0.3 is 5.97 Å². The minimum atomic E-state index is -3.39. The van der Waals surface area contributed by atoms with Crippen LogP contribution in [0.3, 0.4) is 0 Å². The molecule has 0 aromatic rings. The lowest BCUT2D eigenvalue weighted by molar-refractivity contribution is -0.147. The molecule has 0 aliphatic carbocycles. The van der Waals surface area contributed by atoms with E-state index < -0.39 is 33.5 Å². The van der Waals surface area contributed by atoms with Crippen LogP contribution < -0.4 is 0 Å². The standard InChI is InChI=1S/C8H13NO5S/c1-15(13,14)5-7(10)9-4-2-3-6(9)8(11)12/h6H,2-5H2,1H3,(H,11,12)/t6-/m1/s1. The van der Waals surface area contributed by atoms with Gasteiger partial charge in [0.1, 0.15) is 11.8 Å². The van der Waals surface area contributed by atoms with Gasteiger partial charge in [0.15, 0.2) is 9.84 Å². The topological polar surface area (TPSA) is 91.8 Å². The average molecular weight is 235 g/mol.